The number of ether oxygens (including phenoxy) is 9. The predicted octanol–water partition coefficient (Wildman–Crippen LogP) is 14.1. The van der Waals surface area contributed by atoms with Gasteiger partial charge in [0, 0.05) is 55.5 Å². The van der Waals surface area contributed by atoms with E-state index in [0.717, 1.165) is 11.8 Å². The van der Waals surface area contributed by atoms with Crippen LogP contribution >= 0.6 is 15.9 Å². The van der Waals surface area contributed by atoms with E-state index in [2.05, 4.69) is 25.9 Å². The Morgan fingerprint density at radius 1 is 0.352 bits per heavy atom. The molecule has 36 heteroatoms. The zero-order valence-corrected chi connectivity index (χ0v) is 67.5. The number of carbonyl (C=O) groups is 11. The van der Waals surface area contributed by atoms with Gasteiger partial charge < -0.3 is 94.7 Å². The Morgan fingerprint density at radius 2 is 0.608 bits per heavy atom. The lowest BCUT2D eigenvalue weighted by atomic mass is 10.1. The first kappa shape index (κ1) is 97.7. The molecule has 650 valence electrons. The summed E-state index contributed by atoms with van der Waals surface area (Å²) in [5.74, 6) is -6.57. The molecule has 0 atom stereocenters. The number of benzene rings is 10. The number of alkyl halides is 4. The first-order valence-electron chi connectivity index (χ1n) is 35.6. The van der Waals surface area contributed by atoms with E-state index in [9.17, 15) is 80.9 Å². The topological polar surface area (TPSA) is 510 Å². The van der Waals surface area contributed by atoms with E-state index in [1.165, 1.54) is 102 Å². The number of H-pyrrole nitrogens is 2. The summed E-state index contributed by atoms with van der Waals surface area (Å²) in [7, 11) is 9.22. The number of aromatic amines is 2. The van der Waals surface area contributed by atoms with Crippen molar-refractivity contribution in [1.82, 2.24) is 9.97 Å². The molecule has 0 bridgehead atoms. The van der Waals surface area contributed by atoms with E-state index in [-0.39, 0.29) is 85.9 Å². The minimum absolute atomic E-state index is 0. The molecule has 10 aromatic carbocycles. The molecule has 0 aliphatic carbocycles. The number of pyridine rings is 2. The third-order valence-corrected chi connectivity index (χ3v) is 17.8. The van der Waals surface area contributed by atoms with Gasteiger partial charge >= 0.3 is 48.0 Å². The monoisotopic (exact) mass is 1790 g/mol. The molecule has 0 aliphatic rings. The molecule has 2 aromatic heterocycles. The molecular weight excluding hydrogens is 1710 g/mol. The lowest BCUT2D eigenvalue weighted by molar-refractivity contribution is -0.192. The van der Waals surface area contributed by atoms with Crippen LogP contribution in [-0.4, -0.2) is 180 Å². The summed E-state index contributed by atoms with van der Waals surface area (Å²) >= 11 is 3.11. The quantitative estimate of drug-likeness (QED) is 0.00835. The maximum Gasteiger partial charge on any atom is 0.490 e. The highest BCUT2D eigenvalue weighted by atomic mass is 79.9. The van der Waals surface area contributed by atoms with Crippen LogP contribution in [0.5, 0.6) is 46.0 Å². The number of aromatic nitrogens is 2. The molecule has 2 heterocycles. The number of anilines is 2. The van der Waals surface area contributed by atoms with Gasteiger partial charge in [-0.1, -0.05) is 23.4 Å². The predicted molar refractivity (Wildman–Crippen MR) is 453 cm³/mol. The molecule has 0 amide bonds. The zero-order chi connectivity index (χ0) is 91.2. The molecule has 0 aliphatic heterocycles. The third-order valence-electron chi connectivity index (χ3n) is 17.2. The van der Waals surface area contributed by atoms with Crippen molar-refractivity contribution in [3.63, 3.8) is 0 Å². The first-order valence-corrected chi connectivity index (χ1v) is 36.7. The Morgan fingerprint density at radius 3 is 0.912 bits per heavy atom. The average Bonchev–Trinajstić information content (AvgIpc) is 0.776. The Hall–Kier alpha value is -16.1. The number of aromatic carboxylic acids is 3. The van der Waals surface area contributed by atoms with Crippen molar-refractivity contribution in [2.75, 3.05) is 79.3 Å². The fourth-order valence-electron chi connectivity index (χ4n) is 10.6. The minimum atomic E-state index is -5.08. The van der Waals surface area contributed by atoms with Crippen molar-refractivity contribution in [3.05, 3.63) is 294 Å². The Kier molecular flexibility index (Phi) is 35.8. The van der Waals surface area contributed by atoms with Crippen LogP contribution in [0, 0.1) is 0 Å². The maximum absolute atomic E-state index is 12.7. The highest BCUT2D eigenvalue weighted by Gasteiger charge is 2.38. The smallest absolute Gasteiger partial charge is 0.490 e. The summed E-state index contributed by atoms with van der Waals surface area (Å²) in [6, 6.07) is 55.5. The number of aliphatic carboxylic acids is 1. The molecule has 0 saturated heterocycles. The number of carbonyl (C=O) groups excluding carboxylic acids is 7. The van der Waals surface area contributed by atoms with E-state index in [4.69, 9.17) is 79.3 Å². The number of carboxylic acids is 4. The van der Waals surface area contributed by atoms with E-state index >= 15 is 0 Å². The molecule has 125 heavy (non-hydrogen) atoms. The number of hydrogen-bond acceptors (Lipinski definition) is 26. The minimum Gasteiger partial charge on any atom is -0.503 e. The Bertz CT molecular complexity index is 6040. The van der Waals surface area contributed by atoms with Crippen LogP contribution in [0.2, 0.25) is 0 Å². The first-order chi connectivity index (χ1) is 59.0. The number of methoxy groups -OCH3 is 6. The number of esters is 3. The second kappa shape index (κ2) is 45.9. The standard InChI is InChI=1S/C26H23NO8.C26H21NO7.C17H13NO5.C9H9BrO2.C8H7NO4.C2HF3O2.CH4/c1-32-19-8-3-16(4-9-19)23(28)14-34-25(30)18-7-12-21(22(27)13-18)26(31)35-15-24(29)17-5-10-20(33-2)11-6-17;1-32-18-8-3-15(4-9-18)22(28)14-34-26(31)17-7-12-20-21(13-17)27-23(25(30)24(20)29)16-5-10-19(33-2)11-6-16;1-23-11-5-2-9(3-6-11)14-16(20)15(19)12-7-4-10(17(21)22)8-13(12)18-14;1-12-8-4-2-7(3-5-8)9(11)6-10;9-6-3-4(7(10)11)1-2-5(6)8(12)13;3-2(4,5)1(6)7;/h3-13H,14-15,27H2,1-2H3;3-13,30H,14H2,1-2H3,(H,27,29);2-8,20H,1H3,(H,18,19)(H,21,22);2-5H,6H2,1H3;1-3H,9H2,(H,10,11)(H,12,13);(H,6,7);1H4. The number of Topliss-reactive ketones (excluding diaryl/α,β-unsaturated/α-hetero) is 4. The summed E-state index contributed by atoms with van der Waals surface area (Å²) in [6.45, 7) is -1.39. The molecule has 0 saturated carbocycles. The van der Waals surface area contributed by atoms with Gasteiger partial charge in [-0.05, 0) is 218 Å². The van der Waals surface area contributed by atoms with Crippen LogP contribution in [0.1, 0.15) is 111 Å². The number of nitrogens with two attached hydrogens (primary N) is 2. The Balaban J connectivity index is 0.000000248. The van der Waals surface area contributed by atoms with Gasteiger partial charge in [-0.15, -0.1) is 0 Å². The lowest BCUT2D eigenvalue weighted by Crippen LogP contribution is -2.21. The fraction of sp³-hybridized carbons (Fsp3) is 0.135. The summed E-state index contributed by atoms with van der Waals surface area (Å²) in [6.07, 6.45) is -5.08. The van der Waals surface area contributed by atoms with Crippen LogP contribution in [-0.2, 0) is 19.0 Å². The summed E-state index contributed by atoms with van der Waals surface area (Å²) in [4.78, 5) is 157. The second-order valence-electron chi connectivity index (χ2n) is 25.1. The fourth-order valence-corrected chi connectivity index (χ4v) is 10.9. The molecule has 12 rings (SSSR count). The van der Waals surface area contributed by atoms with Gasteiger partial charge in [0.2, 0.25) is 10.9 Å². The molecule has 0 unspecified atom stereocenters. The van der Waals surface area contributed by atoms with Crippen molar-refractivity contribution >= 4 is 114 Å². The summed E-state index contributed by atoms with van der Waals surface area (Å²) in [5, 5.41) is 54.7. The van der Waals surface area contributed by atoms with Crippen molar-refractivity contribution in [2.45, 2.75) is 13.6 Å². The number of aromatic hydroxyl groups is 2. The third kappa shape index (κ3) is 27.2. The van der Waals surface area contributed by atoms with Gasteiger partial charge in [0.1, 0.15) is 34.5 Å². The van der Waals surface area contributed by atoms with Crippen LogP contribution in [0.15, 0.2) is 228 Å². The van der Waals surface area contributed by atoms with Crippen molar-refractivity contribution in [2.24, 2.45) is 0 Å². The van der Waals surface area contributed by atoms with Crippen LogP contribution in [0.3, 0.4) is 0 Å². The van der Waals surface area contributed by atoms with Gasteiger partial charge in [0.25, 0.3) is 0 Å². The largest absolute Gasteiger partial charge is 0.503 e. The number of nitrogen functional groups attached to an aromatic ring is 2. The Labute approximate surface area is 715 Å². The molecule has 0 spiro atoms. The van der Waals surface area contributed by atoms with Crippen molar-refractivity contribution < 1.29 is 139 Å². The van der Waals surface area contributed by atoms with Crippen LogP contribution in [0.4, 0.5) is 24.5 Å². The number of nitrogens with one attached hydrogen (secondary N) is 2. The number of rotatable bonds is 25. The van der Waals surface area contributed by atoms with Gasteiger partial charge in [-0.25, -0.2) is 33.6 Å². The van der Waals surface area contributed by atoms with Crippen LogP contribution in [0.25, 0.3) is 44.3 Å². The van der Waals surface area contributed by atoms with Crippen molar-refractivity contribution in [1.29, 1.82) is 0 Å². The molecule has 12 aromatic rings. The summed E-state index contributed by atoms with van der Waals surface area (Å²) < 4.78 is 77.3. The molecular formula is C89H78BrF3N4O28. The van der Waals surface area contributed by atoms with Gasteiger partial charge in [-0.3, -0.25) is 28.8 Å². The van der Waals surface area contributed by atoms with E-state index < -0.39 is 102 Å². The van der Waals surface area contributed by atoms with Gasteiger partial charge in [0.15, 0.2) is 54.5 Å². The van der Waals surface area contributed by atoms with Crippen LogP contribution < -0.4 is 50.7 Å². The molecule has 0 radical (unpaired) electrons. The number of hydrogen-bond donors (Lipinski definition) is 10. The van der Waals surface area contributed by atoms with E-state index in [1.807, 2.05) is 0 Å². The number of ketones is 4. The molecule has 12 N–H and O–H groups in total. The molecule has 32 nitrogen and oxygen atoms in total. The highest BCUT2D eigenvalue weighted by Crippen LogP contribution is 2.32. The normalized spacial score (nSPS) is 10.3. The van der Waals surface area contributed by atoms with Crippen molar-refractivity contribution in [3.8, 4) is 68.5 Å². The maximum atomic E-state index is 12.7. The lowest BCUT2D eigenvalue weighted by Gasteiger charge is -2.10. The summed E-state index contributed by atoms with van der Waals surface area (Å²) in [5.41, 5.74) is 14.2. The average molecular weight is 1790 g/mol. The van der Waals surface area contributed by atoms with Gasteiger partial charge in [-0.2, -0.15) is 13.2 Å². The second-order valence-corrected chi connectivity index (χ2v) is 25.7. The van der Waals surface area contributed by atoms with Gasteiger partial charge in [0.05, 0.1) is 104 Å². The zero-order valence-electron chi connectivity index (χ0n) is 65.9. The van der Waals surface area contributed by atoms with E-state index in [1.54, 1.807) is 153 Å². The van der Waals surface area contributed by atoms with E-state index in [0.29, 0.717) is 78.5 Å². The SMILES string of the molecule is C.COc1ccc(-c2[nH]c3cc(C(=O)O)ccc3c(=O)c2O)cc1.COc1ccc(C(=O)CBr)cc1.COc1ccc(C(=O)COC(=O)c2ccc(C(=O)OCC(=O)c3ccc(OC)cc3)c(N)c2)cc1.COc1ccc(C(=O)COC(=O)c2ccc3c(=O)c(O)c(-c4ccc(OC)cc4)[nH]c3c2)cc1.Nc1cc(C(=O)O)ccc1C(=O)O.O=C(O)C(F)(F)F. The highest BCUT2D eigenvalue weighted by molar-refractivity contribution is 9.09. The number of fused-ring (bicyclic) bond motifs is 2. The number of halogens is 4. The molecule has 0 fully saturated rings. The number of carboxylic acid groups (broad SMARTS) is 4.